The van der Waals surface area contributed by atoms with E-state index >= 15 is 0 Å². The Morgan fingerprint density at radius 2 is 0.778 bits per heavy atom. The van der Waals surface area contributed by atoms with Gasteiger partial charge in [0.05, 0.1) is 6.42 Å². The van der Waals surface area contributed by atoms with Gasteiger partial charge in [0.25, 0.3) is 0 Å². The quantitative estimate of drug-likeness (QED) is 0.220. The molecule has 0 aromatic rings. The number of hydrogen-bond donors (Lipinski definition) is 0. The SMILES string of the molecule is O=S(=O)([O-])C(F)(F)C(F)(F)C(F)(F)C(F)(F)C(F)(F)C(F)(F)C(F)(F)C(F)(F)C(F)CC(F)(F)F.[Li+]. The zero-order valence-corrected chi connectivity index (χ0v) is 16.8. The van der Waals surface area contributed by atoms with Crippen LogP contribution < -0.4 is 18.9 Å². The summed E-state index contributed by atoms with van der Waals surface area (Å²) in [5, 5.41) is -8.08. The molecule has 0 heterocycles. The molecule has 0 aliphatic carbocycles. The van der Waals surface area contributed by atoms with Crippen LogP contribution in [0.1, 0.15) is 6.42 Å². The Balaban J connectivity index is 0. The third kappa shape index (κ3) is 5.06. The summed E-state index contributed by atoms with van der Waals surface area (Å²) in [5.41, 5.74) is 0. The summed E-state index contributed by atoms with van der Waals surface area (Å²) in [6.45, 7) is 0. The molecule has 0 rings (SSSR count). The maximum Gasteiger partial charge on any atom is 1.00 e. The van der Waals surface area contributed by atoms with Crippen LogP contribution in [0.4, 0.5) is 87.8 Å². The minimum atomic E-state index is -9.13. The molecule has 0 bridgehead atoms. The molecule has 212 valence electrons. The predicted octanol–water partition coefficient (Wildman–Crippen LogP) is 2.87. The van der Waals surface area contributed by atoms with Gasteiger partial charge in [0.2, 0.25) is 0 Å². The van der Waals surface area contributed by atoms with Gasteiger partial charge in [0, 0.05) is 0 Å². The zero-order valence-electron chi connectivity index (χ0n) is 16.0. The van der Waals surface area contributed by atoms with E-state index in [4.69, 9.17) is 0 Å². The van der Waals surface area contributed by atoms with E-state index in [2.05, 4.69) is 0 Å². The van der Waals surface area contributed by atoms with E-state index in [0.29, 0.717) is 0 Å². The second-order valence-corrected chi connectivity index (χ2v) is 7.75. The maximum atomic E-state index is 13.4. The number of alkyl halides is 20. The van der Waals surface area contributed by atoms with Gasteiger partial charge in [0.15, 0.2) is 16.3 Å². The molecule has 0 aliphatic heterocycles. The molecule has 1 atom stereocenters. The fraction of sp³-hybridized carbons (Fsp3) is 1.00. The van der Waals surface area contributed by atoms with Gasteiger partial charge >= 0.3 is 71.7 Å². The third-order valence-electron chi connectivity index (χ3n) is 3.87. The fourth-order valence-corrected chi connectivity index (χ4v) is 2.31. The number of halogens is 20. The molecule has 0 spiro atoms. The van der Waals surface area contributed by atoms with Crippen molar-refractivity contribution in [2.45, 2.75) is 65.5 Å². The van der Waals surface area contributed by atoms with Crippen LogP contribution >= 0.6 is 0 Å². The molecule has 0 aromatic carbocycles. The topological polar surface area (TPSA) is 57.2 Å². The van der Waals surface area contributed by atoms with Gasteiger partial charge in [-0.2, -0.15) is 83.4 Å². The average molecular weight is 602 g/mol. The minimum absolute atomic E-state index is 0. The molecule has 0 aromatic heterocycles. The second kappa shape index (κ2) is 9.39. The van der Waals surface area contributed by atoms with E-state index in [0.717, 1.165) is 0 Å². The van der Waals surface area contributed by atoms with Crippen LogP contribution in [0.25, 0.3) is 0 Å². The van der Waals surface area contributed by atoms with Crippen molar-refractivity contribution < 1.29 is 120 Å². The van der Waals surface area contributed by atoms with Crippen LogP contribution in [0.3, 0.4) is 0 Å². The fourth-order valence-electron chi connectivity index (χ4n) is 1.87. The van der Waals surface area contributed by atoms with Crippen molar-refractivity contribution in [1.82, 2.24) is 0 Å². The van der Waals surface area contributed by atoms with Crippen LogP contribution in [0.2, 0.25) is 0 Å². The monoisotopic (exact) mass is 602 g/mol. The van der Waals surface area contributed by atoms with Gasteiger partial charge in [-0.25, -0.2) is 12.8 Å². The van der Waals surface area contributed by atoms with E-state index in [1.165, 1.54) is 0 Å². The van der Waals surface area contributed by atoms with Crippen molar-refractivity contribution >= 4 is 10.1 Å². The summed E-state index contributed by atoms with van der Waals surface area (Å²) < 4.78 is 290. The Hall–Kier alpha value is -0.893. The van der Waals surface area contributed by atoms with Crippen molar-refractivity contribution in [3.8, 4) is 0 Å². The Bertz CT molecular complexity index is 893. The third-order valence-corrected chi connectivity index (χ3v) is 4.76. The van der Waals surface area contributed by atoms with Crippen LogP contribution in [0.5, 0.6) is 0 Å². The molecule has 0 aliphatic rings. The molecule has 0 saturated carbocycles. The maximum absolute atomic E-state index is 13.4. The molecule has 0 N–H and O–H groups in total. The van der Waals surface area contributed by atoms with Gasteiger partial charge in [-0.1, -0.05) is 0 Å². The van der Waals surface area contributed by atoms with E-state index < -0.39 is 75.6 Å². The van der Waals surface area contributed by atoms with Gasteiger partial charge in [-0.3, -0.25) is 0 Å². The molecule has 25 heteroatoms. The minimum Gasteiger partial charge on any atom is -0.743 e. The first kappa shape index (κ1) is 37.3. The van der Waals surface area contributed by atoms with Crippen LogP contribution in [0, 0.1) is 0 Å². The Morgan fingerprint density at radius 3 is 1.03 bits per heavy atom. The van der Waals surface area contributed by atoms with Crippen LogP contribution in [-0.2, 0) is 10.1 Å². The molecule has 0 amide bonds. The Labute approximate surface area is 196 Å². The normalized spacial score (nSPS) is 17.0. The summed E-state index contributed by atoms with van der Waals surface area (Å²) in [6, 6.07) is 0. The summed E-state index contributed by atoms with van der Waals surface area (Å²) >= 11 is 0. The first-order valence-electron chi connectivity index (χ1n) is 7.31. The molecule has 0 fully saturated rings. The summed E-state index contributed by atoms with van der Waals surface area (Å²) in [7, 11) is -8.27. The van der Waals surface area contributed by atoms with Gasteiger partial charge in [-0.05, 0) is 0 Å². The molecule has 1 unspecified atom stereocenters. The molecular weight excluding hydrogens is 599 g/mol. The smallest absolute Gasteiger partial charge is 0.743 e. The molecule has 0 radical (unpaired) electrons. The second-order valence-electron chi connectivity index (χ2n) is 6.33. The van der Waals surface area contributed by atoms with E-state index in [-0.39, 0.29) is 18.9 Å². The molecule has 0 saturated heterocycles. The van der Waals surface area contributed by atoms with E-state index in [9.17, 15) is 101 Å². The summed E-state index contributed by atoms with van der Waals surface area (Å²) in [5.74, 6) is -61.3. The Morgan fingerprint density at radius 1 is 0.528 bits per heavy atom. The van der Waals surface area contributed by atoms with E-state index in [1.54, 1.807) is 0 Å². The average Bonchev–Trinajstić information content (AvgIpc) is 2.57. The van der Waals surface area contributed by atoms with Crippen LogP contribution in [-0.4, -0.2) is 72.0 Å². The standard InChI is InChI=1S/C11H4F20O3S.Li/c12-2(1-3(13,14)15)4(16,17)5(18,19)6(20,21)7(22,23)8(24,25)9(26,27)10(28,29)11(30,31)35(32,33)34;/h2H,1H2,(H,32,33,34);/q;+1/p-1. The molecule has 3 nitrogen and oxygen atoms in total. The molecule has 36 heavy (non-hydrogen) atoms. The van der Waals surface area contributed by atoms with Crippen LogP contribution in [0.15, 0.2) is 0 Å². The van der Waals surface area contributed by atoms with Gasteiger partial charge in [0.1, 0.15) is 0 Å². The van der Waals surface area contributed by atoms with Gasteiger partial charge < -0.3 is 4.55 Å². The summed E-state index contributed by atoms with van der Waals surface area (Å²) in [4.78, 5) is 0. The van der Waals surface area contributed by atoms with Crippen molar-refractivity contribution in [2.24, 2.45) is 0 Å². The van der Waals surface area contributed by atoms with E-state index in [1.807, 2.05) is 0 Å². The van der Waals surface area contributed by atoms with Crippen molar-refractivity contribution in [1.29, 1.82) is 0 Å². The van der Waals surface area contributed by atoms with Crippen molar-refractivity contribution in [3.05, 3.63) is 0 Å². The number of rotatable bonds is 10. The first-order chi connectivity index (χ1) is 14.6. The summed E-state index contributed by atoms with van der Waals surface area (Å²) in [6.07, 6.45) is -15.9. The number of hydrogen-bond acceptors (Lipinski definition) is 3. The predicted molar refractivity (Wildman–Crippen MR) is 64.8 cm³/mol. The van der Waals surface area contributed by atoms with Gasteiger partial charge in [-0.15, -0.1) is 0 Å². The largest absolute Gasteiger partial charge is 1.00 e. The van der Waals surface area contributed by atoms with Crippen molar-refractivity contribution in [3.63, 3.8) is 0 Å². The Kier molecular flexibility index (Phi) is 9.72. The first-order valence-corrected chi connectivity index (χ1v) is 8.72. The zero-order chi connectivity index (χ0) is 29.3. The molecular formula is C11H3F20LiO3S. The van der Waals surface area contributed by atoms with Crippen molar-refractivity contribution in [2.75, 3.05) is 0 Å².